The van der Waals surface area contributed by atoms with Crippen molar-refractivity contribution < 1.29 is 23.4 Å². The van der Waals surface area contributed by atoms with Crippen molar-refractivity contribution in [1.82, 2.24) is 4.90 Å². The summed E-state index contributed by atoms with van der Waals surface area (Å²) in [4.78, 5) is 14.6. The number of urea groups is 1. The van der Waals surface area contributed by atoms with Crippen LogP contribution in [0.3, 0.4) is 0 Å². The highest BCUT2D eigenvalue weighted by molar-refractivity contribution is 5.89. The van der Waals surface area contributed by atoms with Crippen LogP contribution < -0.4 is 14.8 Å². The zero-order chi connectivity index (χ0) is 23.0. The average molecular weight is 451 g/mol. The summed E-state index contributed by atoms with van der Waals surface area (Å²) < 4.78 is 30.1. The maximum atomic E-state index is 13.0. The van der Waals surface area contributed by atoms with E-state index in [0.717, 1.165) is 28.2 Å². The summed E-state index contributed by atoms with van der Waals surface area (Å²) >= 11 is 0. The molecule has 0 fully saturated rings. The predicted molar refractivity (Wildman–Crippen MR) is 124 cm³/mol. The lowest BCUT2D eigenvalue weighted by atomic mass is 10.1. The van der Waals surface area contributed by atoms with E-state index in [0.29, 0.717) is 45.2 Å². The molecule has 1 aliphatic heterocycles. The maximum Gasteiger partial charge on any atom is 0.322 e. The van der Waals surface area contributed by atoms with E-state index in [1.54, 1.807) is 17.0 Å². The van der Waals surface area contributed by atoms with E-state index in [-0.39, 0.29) is 11.8 Å². The minimum Gasteiger partial charge on any atom is -0.494 e. The van der Waals surface area contributed by atoms with Crippen molar-refractivity contribution in [3.05, 3.63) is 89.2 Å². The van der Waals surface area contributed by atoms with Crippen LogP contribution in [0.5, 0.6) is 11.5 Å². The Bertz CT molecular complexity index is 1070. The summed E-state index contributed by atoms with van der Waals surface area (Å²) in [5, 5.41) is 2.94. The van der Waals surface area contributed by atoms with Crippen molar-refractivity contribution in [3.63, 3.8) is 0 Å². The molecule has 0 unspecified atom stereocenters. The molecule has 6 nitrogen and oxygen atoms in total. The third-order valence-electron chi connectivity index (χ3n) is 5.26. The molecule has 2 amide bonds. The van der Waals surface area contributed by atoms with E-state index in [9.17, 15) is 9.18 Å². The second kappa shape index (κ2) is 10.8. The molecular weight excluding hydrogens is 423 g/mol. The number of ether oxygens (including phenoxy) is 3. The Hall–Kier alpha value is -3.58. The lowest BCUT2D eigenvalue weighted by Crippen LogP contribution is -2.36. The third-order valence-corrected chi connectivity index (χ3v) is 5.26. The maximum absolute atomic E-state index is 13.0. The van der Waals surface area contributed by atoms with Gasteiger partial charge < -0.3 is 24.4 Å². The highest BCUT2D eigenvalue weighted by Gasteiger charge is 2.20. The number of fused-ring (bicyclic) bond motifs is 1. The highest BCUT2D eigenvalue weighted by atomic mass is 19.1. The van der Waals surface area contributed by atoms with Crippen LogP contribution in [0, 0.1) is 5.82 Å². The van der Waals surface area contributed by atoms with Crippen molar-refractivity contribution in [3.8, 4) is 11.5 Å². The molecule has 33 heavy (non-hydrogen) atoms. The van der Waals surface area contributed by atoms with Gasteiger partial charge in [-0.25, -0.2) is 9.18 Å². The first-order chi connectivity index (χ1) is 16.1. The SMILES string of the molecule is CCOc1ccc(NC(=O)N2CCOc3ccc(COCc4ccc(F)cc4)cc3C2)cc1. The summed E-state index contributed by atoms with van der Waals surface area (Å²) in [5.74, 6) is 1.27. The fraction of sp³-hybridized carbons (Fsp3) is 0.269. The van der Waals surface area contributed by atoms with Crippen LogP contribution in [0.1, 0.15) is 23.6 Å². The Morgan fingerprint density at radius 2 is 1.76 bits per heavy atom. The van der Waals surface area contributed by atoms with Gasteiger partial charge in [0.05, 0.1) is 32.9 Å². The van der Waals surface area contributed by atoms with Gasteiger partial charge in [-0.2, -0.15) is 0 Å². The topological polar surface area (TPSA) is 60.0 Å². The van der Waals surface area contributed by atoms with Crippen molar-refractivity contribution >= 4 is 11.7 Å². The summed E-state index contributed by atoms with van der Waals surface area (Å²) in [6, 6.07) is 19.3. The quantitative estimate of drug-likeness (QED) is 0.526. The van der Waals surface area contributed by atoms with E-state index >= 15 is 0 Å². The van der Waals surface area contributed by atoms with Crippen LogP contribution in [0.25, 0.3) is 0 Å². The number of nitrogens with one attached hydrogen (secondary N) is 1. The van der Waals surface area contributed by atoms with Crippen LogP contribution in [0.4, 0.5) is 14.9 Å². The normalized spacial score (nSPS) is 13.0. The number of carbonyl (C=O) groups excluding carboxylic acids is 1. The number of rotatable bonds is 7. The average Bonchev–Trinajstić information content (AvgIpc) is 3.04. The van der Waals surface area contributed by atoms with Gasteiger partial charge in [0, 0.05) is 11.3 Å². The Morgan fingerprint density at radius 3 is 2.52 bits per heavy atom. The molecule has 7 heteroatoms. The Balaban J connectivity index is 1.36. The molecule has 3 aromatic rings. The zero-order valence-corrected chi connectivity index (χ0v) is 18.6. The van der Waals surface area contributed by atoms with Crippen molar-refractivity contribution in [2.45, 2.75) is 26.7 Å². The van der Waals surface area contributed by atoms with Gasteiger partial charge in [-0.1, -0.05) is 18.2 Å². The first kappa shape index (κ1) is 22.6. The molecule has 1 aliphatic rings. The fourth-order valence-electron chi connectivity index (χ4n) is 3.58. The Morgan fingerprint density at radius 1 is 1.03 bits per heavy atom. The number of hydrogen-bond donors (Lipinski definition) is 1. The molecular formula is C26H27FN2O4. The third kappa shape index (κ3) is 6.23. The molecule has 0 aromatic heterocycles. The number of carbonyl (C=O) groups is 1. The smallest absolute Gasteiger partial charge is 0.322 e. The number of amides is 2. The van der Waals surface area contributed by atoms with Crippen LogP contribution >= 0.6 is 0 Å². The molecule has 1 heterocycles. The molecule has 1 N–H and O–H groups in total. The first-order valence-corrected chi connectivity index (χ1v) is 11.0. The van der Waals surface area contributed by atoms with Gasteiger partial charge >= 0.3 is 6.03 Å². The summed E-state index contributed by atoms with van der Waals surface area (Å²) in [5.41, 5.74) is 3.52. The van der Waals surface area contributed by atoms with Crippen LogP contribution in [-0.2, 0) is 24.5 Å². The van der Waals surface area contributed by atoms with E-state index in [1.807, 2.05) is 49.4 Å². The lowest BCUT2D eigenvalue weighted by molar-refractivity contribution is 0.107. The van der Waals surface area contributed by atoms with Crippen LogP contribution in [0.15, 0.2) is 66.7 Å². The van der Waals surface area contributed by atoms with Gasteiger partial charge in [0.1, 0.15) is 23.9 Å². The number of benzene rings is 3. The van der Waals surface area contributed by atoms with E-state index in [1.165, 1.54) is 12.1 Å². The highest BCUT2D eigenvalue weighted by Crippen LogP contribution is 2.25. The molecule has 0 bridgehead atoms. The molecule has 0 atom stereocenters. The van der Waals surface area contributed by atoms with E-state index in [4.69, 9.17) is 14.2 Å². The number of anilines is 1. The summed E-state index contributed by atoms with van der Waals surface area (Å²) in [7, 11) is 0. The van der Waals surface area contributed by atoms with Crippen molar-refractivity contribution in [1.29, 1.82) is 0 Å². The van der Waals surface area contributed by atoms with Gasteiger partial charge in [-0.05, 0) is 66.6 Å². The van der Waals surface area contributed by atoms with Crippen molar-refractivity contribution in [2.75, 3.05) is 25.1 Å². The van der Waals surface area contributed by atoms with Gasteiger partial charge in [0.25, 0.3) is 0 Å². The molecule has 0 aliphatic carbocycles. The van der Waals surface area contributed by atoms with Crippen LogP contribution in [-0.4, -0.2) is 30.7 Å². The molecule has 0 spiro atoms. The van der Waals surface area contributed by atoms with E-state index < -0.39 is 0 Å². The van der Waals surface area contributed by atoms with Gasteiger partial charge in [0.2, 0.25) is 0 Å². The van der Waals surface area contributed by atoms with E-state index in [2.05, 4.69) is 5.32 Å². The Kier molecular flexibility index (Phi) is 7.42. The minimum absolute atomic E-state index is 0.187. The number of nitrogens with zero attached hydrogens (tertiary/aromatic N) is 1. The van der Waals surface area contributed by atoms with Gasteiger partial charge in [0.15, 0.2) is 0 Å². The zero-order valence-electron chi connectivity index (χ0n) is 18.6. The van der Waals surface area contributed by atoms with Gasteiger partial charge in [-0.3, -0.25) is 0 Å². The second-order valence-electron chi connectivity index (χ2n) is 7.72. The molecule has 3 aromatic carbocycles. The summed E-state index contributed by atoms with van der Waals surface area (Å²) in [6.45, 7) is 4.66. The monoisotopic (exact) mass is 450 g/mol. The number of hydrogen-bond acceptors (Lipinski definition) is 4. The summed E-state index contributed by atoms with van der Waals surface area (Å²) in [6.07, 6.45) is 0. The second-order valence-corrected chi connectivity index (χ2v) is 7.72. The number of halogens is 1. The largest absolute Gasteiger partial charge is 0.494 e. The molecule has 0 saturated heterocycles. The molecule has 4 rings (SSSR count). The van der Waals surface area contributed by atoms with Crippen LogP contribution in [0.2, 0.25) is 0 Å². The molecule has 0 saturated carbocycles. The minimum atomic E-state index is -0.263. The molecule has 0 radical (unpaired) electrons. The fourth-order valence-corrected chi connectivity index (χ4v) is 3.58. The lowest BCUT2D eigenvalue weighted by Gasteiger charge is -2.20. The predicted octanol–water partition coefficient (Wildman–Crippen LogP) is 5.37. The first-order valence-electron chi connectivity index (χ1n) is 11.0. The molecule has 172 valence electrons. The Labute approximate surface area is 192 Å². The van der Waals surface area contributed by atoms with Gasteiger partial charge in [-0.15, -0.1) is 0 Å². The standard InChI is InChI=1S/C26H27FN2O4/c1-2-32-24-10-8-23(9-11-24)28-26(30)29-13-14-33-25-12-5-20(15-21(25)16-29)18-31-17-19-3-6-22(27)7-4-19/h3-12,15H,2,13-14,16-18H2,1H3,(H,28,30). The van der Waals surface area contributed by atoms with Crippen molar-refractivity contribution in [2.24, 2.45) is 0 Å².